The first kappa shape index (κ1) is 13.8. The Kier molecular flexibility index (Phi) is 2.88. The van der Waals surface area contributed by atoms with Gasteiger partial charge in [-0.05, 0) is 36.1 Å². The van der Waals surface area contributed by atoms with Crippen LogP contribution in [0.5, 0.6) is 0 Å². The third-order valence-electron chi connectivity index (χ3n) is 4.59. The maximum absolute atomic E-state index is 12.5. The second-order valence-electron chi connectivity index (χ2n) is 5.99. The smallest absolute Gasteiger partial charge is 0.341 e. The number of carbonyl (C=O) groups is 1. The van der Waals surface area contributed by atoms with Gasteiger partial charge in [0.2, 0.25) is 5.43 Å². The van der Waals surface area contributed by atoms with E-state index in [1.54, 1.807) is 6.07 Å². The molecular weight excluding hydrogens is 290 g/mol. The molecule has 23 heavy (non-hydrogen) atoms. The van der Waals surface area contributed by atoms with Crippen molar-refractivity contribution in [2.75, 3.05) is 0 Å². The fourth-order valence-corrected chi connectivity index (χ4v) is 3.51. The first-order chi connectivity index (χ1) is 11.1. The molecule has 2 aromatic carbocycles. The summed E-state index contributed by atoms with van der Waals surface area (Å²) in [4.78, 5) is 23.8. The quantitative estimate of drug-likeness (QED) is 0.788. The molecule has 0 radical (unpaired) electrons. The lowest BCUT2D eigenvalue weighted by Gasteiger charge is -2.11. The second-order valence-corrected chi connectivity index (χ2v) is 5.99. The standard InChI is InChI=1S/C19H15NO3/c1-11-9-15-13(12-5-3-2-4-6-12)7-8-14-17(15)20(11)10-16(18(14)21)19(22)23/h2-8,10-11H,9H2,1H3,(H,22,23). The molecule has 1 aliphatic heterocycles. The number of carboxylic acids is 1. The molecule has 4 nitrogen and oxygen atoms in total. The topological polar surface area (TPSA) is 59.3 Å². The highest BCUT2D eigenvalue weighted by molar-refractivity contribution is 5.96. The maximum Gasteiger partial charge on any atom is 0.341 e. The van der Waals surface area contributed by atoms with Crippen molar-refractivity contribution in [1.29, 1.82) is 0 Å². The zero-order valence-corrected chi connectivity index (χ0v) is 12.6. The van der Waals surface area contributed by atoms with E-state index in [1.807, 2.05) is 35.8 Å². The van der Waals surface area contributed by atoms with Crippen molar-refractivity contribution < 1.29 is 9.90 Å². The molecule has 114 valence electrons. The van der Waals surface area contributed by atoms with E-state index in [0.717, 1.165) is 28.6 Å². The van der Waals surface area contributed by atoms with Crippen LogP contribution < -0.4 is 5.43 Å². The molecule has 1 unspecified atom stereocenters. The number of aromatic carboxylic acids is 1. The number of carboxylic acid groups (broad SMARTS) is 1. The zero-order chi connectivity index (χ0) is 16.1. The molecule has 1 N–H and O–H groups in total. The van der Waals surface area contributed by atoms with Crippen LogP contribution in [-0.4, -0.2) is 15.6 Å². The van der Waals surface area contributed by atoms with Crippen molar-refractivity contribution in [3.05, 3.63) is 70.0 Å². The molecule has 0 saturated heterocycles. The van der Waals surface area contributed by atoms with Crippen molar-refractivity contribution in [2.24, 2.45) is 0 Å². The Bertz CT molecular complexity index is 1000. The van der Waals surface area contributed by atoms with Gasteiger partial charge in [0.15, 0.2) is 0 Å². The lowest BCUT2D eigenvalue weighted by Crippen LogP contribution is -2.18. The van der Waals surface area contributed by atoms with Crippen LogP contribution in [0, 0.1) is 0 Å². The molecular formula is C19H15NO3. The molecule has 0 saturated carbocycles. The molecule has 1 aliphatic rings. The third kappa shape index (κ3) is 1.91. The van der Waals surface area contributed by atoms with Gasteiger partial charge >= 0.3 is 5.97 Å². The van der Waals surface area contributed by atoms with Crippen LogP contribution in [0.15, 0.2) is 53.5 Å². The summed E-state index contributed by atoms with van der Waals surface area (Å²) in [5.41, 5.74) is 3.64. The van der Waals surface area contributed by atoms with Gasteiger partial charge in [0, 0.05) is 17.6 Å². The number of rotatable bonds is 2. The molecule has 0 fully saturated rings. The normalized spacial score (nSPS) is 16.0. The second kappa shape index (κ2) is 4.81. The molecule has 0 aliphatic carbocycles. The van der Waals surface area contributed by atoms with Crippen molar-refractivity contribution >= 4 is 16.9 Å². The van der Waals surface area contributed by atoms with Crippen LogP contribution in [0.4, 0.5) is 0 Å². The number of hydrogen-bond donors (Lipinski definition) is 1. The highest BCUT2D eigenvalue weighted by Gasteiger charge is 2.26. The van der Waals surface area contributed by atoms with Crippen LogP contribution in [0.2, 0.25) is 0 Å². The molecule has 4 heteroatoms. The summed E-state index contributed by atoms with van der Waals surface area (Å²) >= 11 is 0. The molecule has 0 spiro atoms. The van der Waals surface area contributed by atoms with Crippen molar-refractivity contribution in [2.45, 2.75) is 19.4 Å². The first-order valence-electron chi connectivity index (χ1n) is 7.57. The summed E-state index contributed by atoms with van der Waals surface area (Å²) in [6.45, 7) is 2.05. The molecule has 4 rings (SSSR count). The van der Waals surface area contributed by atoms with Gasteiger partial charge in [0.25, 0.3) is 0 Å². The van der Waals surface area contributed by atoms with Gasteiger partial charge in [-0.15, -0.1) is 0 Å². The number of aromatic nitrogens is 1. The molecule has 1 aromatic heterocycles. The van der Waals surface area contributed by atoms with Crippen LogP contribution in [-0.2, 0) is 6.42 Å². The molecule has 0 bridgehead atoms. The van der Waals surface area contributed by atoms with E-state index in [0.29, 0.717) is 5.39 Å². The van der Waals surface area contributed by atoms with Crippen LogP contribution in [0.3, 0.4) is 0 Å². The fourth-order valence-electron chi connectivity index (χ4n) is 3.51. The summed E-state index contributed by atoms with van der Waals surface area (Å²) in [5, 5.41) is 9.76. The van der Waals surface area contributed by atoms with Crippen LogP contribution in [0.1, 0.15) is 28.9 Å². The Labute approximate surface area is 132 Å². The lowest BCUT2D eigenvalue weighted by atomic mass is 9.95. The summed E-state index contributed by atoms with van der Waals surface area (Å²) in [6.07, 6.45) is 2.28. The Hall–Kier alpha value is -2.88. The minimum absolute atomic E-state index is 0.135. The molecule has 2 heterocycles. The molecule has 1 atom stereocenters. The number of nitrogens with zero attached hydrogens (tertiary/aromatic N) is 1. The highest BCUT2D eigenvalue weighted by atomic mass is 16.4. The van der Waals surface area contributed by atoms with E-state index in [9.17, 15) is 14.7 Å². The third-order valence-corrected chi connectivity index (χ3v) is 4.59. The van der Waals surface area contributed by atoms with Gasteiger partial charge in [-0.3, -0.25) is 4.79 Å². The maximum atomic E-state index is 12.5. The number of benzene rings is 2. The minimum Gasteiger partial charge on any atom is -0.477 e. The van der Waals surface area contributed by atoms with Crippen molar-refractivity contribution in [3.63, 3.8) is 0 Å². The van der Waals surface area contributed by atoms with E-state index >= 15 is 0 Å². The van der Waals surface area contributed by atoms with Gasteiger partial charge in [-0.1, -0.05) is 36.4 Å². The van der Waals surface area contributed by atoms with Gasteiger partial charge in [0.05, 0.1) is 5.52 Å². The van der Waals surface area contributed by atoms with E-state index in [-0.39, 0.29) is 11.6 Å². The average Bonchev–Trinajstić information content (AvgIpc) is 2.88. The van der Waals surface area contributed by atoms with E-state index in [2.05, 4.69) is 12.1 Å². The Balaban J connectivity index is 2.10. The Morgan fingerprint density at radius 3 is 2.61 bits per heavy atom. The highest BCUT2D eigenvalue weighted by Crippen LogP contribution is 2.37. The van der Waals surface area contributed by atoms with Crippen molar-refractivity contribution in [1.82, 2.24) is 4.57 Å². The van der Waals surface area contributed by atoms with E-state index in [1.165, 1.54) is 6.20 Å². The lowest BCUT2D eigenvalue weighted by molar-refractivity contribution is 0.0695. The summed E-state index contributed by atoms with van der Waals surface area (Å²) in [5.74, 6) is -1.17. The van der Waals surface area contributed by atoms with Crippen LogP contribution >= 0.6 is 0 Å². The largest absolute Gasteiger partial charge is 0.477 e. The van der Waals surface area contributed by atoms with Gasteiger partial charge in [-0.25, -0.2) is 4.79 Å². The number of pyridine rings is 1. The fraction of sp³-hybridized carbons (Fsp3) is 0.158. The summed E-state index contributed by atoms with van der Waals surface area (Å²) in [6, 6.07) is 13.9. The predicted octanol–water partition coefficient (Wildman–Crippen LogP) is 3.48. The number of hydrogen-bond acceptors (Lipinski definition) is 2. The SMILES string of the molecule is CC1Cc2c(-c3ccccc3)ccc3c(=O)c(C(=O)O)cn1c23. The Morgan fingerprint density at radius 1 is 1.17 bits per heavy atom. The van der Waals surface area contributed by atoms with Gasteiger partial charge in [0.1, 0.15) is 5.56 Å². The summed E-state index contributed by atoms with van der Waals surface area (Å²) in [7, 11) is 0. The molecule has 0 amide bonds. The summed E-state index contributed by atoms with van der Waals surface area (Å²) < 4.78 is 1.93. The van der Waals surface area contributed by atoms with E-state index < -0.39 is 11.4 Å². The average molecular weight is 305 g/mol. The van der Waals surface area contributed by atoms with Gasteiger partial charge < -0.3 is 9.67 Å². The molecule has 3 aromatic rings. The zero-order valence-electron chi connectivity index (χ0n) is 12.6. The first-order valence-corrected chi connectivity index (χ1v) is 7.57. The predicted molar refractivity (Wildman–Crippen MR) is 89.0 cm³/mol. The van der Waals surface area contributed by atoms with E-state index in [4.69, 9.17) is 0 Å². The minimum atomic E-state index is -1.17. The van der Waals surface area contributed by atoms with Crippen molar-refractivity contribution in [3.8, 4) is 11.1 Å². The van der Waals surface area contributed by atoms with Crippen LogP contribution in [0.25, 0.3) is 22.0 Å². The van der Waals surface area contributed by atoms with Gasteiger partial charge in [-0.2, -0.15) is 0 Å². The monoisotopic (exact) mass is 305 g/mol. The Morgan fingerprint density at radius 2 is 1.91 bits per heavy atom.